The van der Waals surface area contributed by atoms with Crippen LogP contribution in [0, 0.1) is 0 Å². The van der Waals surface area contributed by atoms with Gasteiger partial charge in [0.05, 0.1) is 13.2 Å². The number of nitrogens with two attached hydrogens (primary N) is 1. The van der Waals surface area contributed by atoms with Gasteiger partial charge in [0.1, 0.15) is 0 Å². The summed E-state index contributed by atoms with van der Waals surface area (Å²) in [7, 11) is 0. The quantitative estimate of drug-likeness (QED) is 0.583. The first kappa shape index (κ1) is 12.2. The summed E-state index contributed by atoms with van der Waals surface area (Å²) in [5.74, 6) is 0. The van der Waals surface area contributed by atoms with Gasteiger partial charge in [-0.3, -0.25) is 5.32 Å². The first-order valence-corrected chi connectivity index (χ1v) is 4.49. The van der Waals surface area contributed by atoms with Gasteiger partial charge in [-0.1, -0.05) is 13.8 Å². The smallest absolute Gasteiger partial charge is 0.316 e. The molecule has 0 aromatic heterocycles. The molecule has 0 bridgehead atoms. The van der Waals surface area contributed by atoms with Gasteiger partial charge in [0, 0.05) is 0 Å². The summed E-state index contributed by atoms with van der Waals surface area (Å²) < 4.78 is 10.3. The van der Waals surface area contributed by atoms with Gasteiger partial charge in [-0.25, -0.2) is 4.79 Å². The molecule has 0 aromatic carbocycles. The highest BCUT2D eigenvalue weighted by Gasteiger charge is 2.09. The fourth-order valence-electron chi connectivity index (χ4n) is 0.697. The van der Waals surface area contributed by atoms with E-state index in [0.717, 1.165) is 12.8 Å². The standard InChI is InChI=1S/C8H18N2O3/c1-3-5-12-8(10-7(9)11)13-6-4-2/h8H,3-6H2,1-2H3,(H3,9,10,11). The van der Waals surface area contributed by atoms with E-state index < -0.39 is 12.4 Å². The van der Waals surface area contributed by atoms with Gasteiger partial charge in [0.2, 0.25) is 6.41 Å². The molecule has 0 aliphatic carbocycles. The SMILES string of the molecule is CCCOC(NC(N)=O)OCCC. The lowest BCUT2D eigenvalue weighted by Crippen LogP contribution is -2.42. The van der Waals surface area contributed by atoms with E-state index in [9.17, 15) is 4.79 Å². The van der Waals surface area contributed by atoms with Gasteiger partial charge < -0.3 is 15.2 Å². The Bertz CT molecular complexity index is 133. The minimum atomic E-state index is -0.711. The molecular formula is C8H18N2O3. The minimum absolute atomic E-state index is 0.536. The van der Waals surface area contributed by atoms with Crippen LogP contribution in [0.3, 0.4) is 0 Å². The third kappa shape index (κ3) is 7.55. The van der Waals surface area contributed by atoms with E-state index in [-0.39, 0.29) is 0 Å². The number of hydrogen-bond acceptors (Lipinski definition) is 3. The molecule has 5 heteroatoms. The Kier molecular flexibility index (Phi) is 7.33. The fraction of sp³-hybridized carbons (Fsp3) is 0.875. The lowest BCUT2D eigenvalue weighted by Gasteiger charge is -2.17. The summed E-state index contributed by atoms with van der Waals surface area (Å²) in [4.78, 5) is 10.5. The van der Waals surface area contributed by atoms with Crippen LogP contribution in [0.5, 0.6) is 0 Å². The van der Waals surface area contributed by atoms with Crippen LogP contribution in [0.15, 0.2) is 0 Å². The number of hydrogen-bond donors (Lipinski definition) is 2. The van der Waals surface area contributed by atoms with Crippen LogP contribution < -0.4 is 11.1 Å². The molecule has 0 aliphatic rings. The van der Waals surface area contributed by atoms with E-state index in [1.165, 1.54) is 0 Å². The maximum absolute atomic E-state index is 10.5. The summed E-state index contributed by atoms with van der Waals surface area (Å²) in [5, 5.41) is 2.34. The van der Waals surface area contributed by atoms with Crippen LogP contribution in [0.1, 0.15) is 26.7 Å². The number of carbonyl (C=O) groups excluding carboxylic acids is 1. The fourth-order valence-corrected chi connectivity index (χ4v) is 0.697. The van der Waals surface area contributed by atoms with Crippen molar-refractivity contribution in [3.63, 3.8) is 0 Å². The molecule has 13 heavy (non-hydrogen) atoms. The molecule has 0 saturated carbocycles. The molecule has 3 N–H and O–H groups in total. The van der Waals surface area contributed by atoms with Gasteiger partial charge in [0.25, 0.3) is 0 Å². The molecule has 0 spiro atoms. The number of nitrogens with one attached hydrogen (secondary N) is 1. The number of primary amides is 1. The first-order chi connectivity index (χ1) is 6.20. The van der Waals surface area contributed by atoms with Crippen molar-refractivity contribution in [1.29, 1.82) is 0 Å². The van der Waals surface area contributed by atoms with Crippen LogP contribution in [0.2, 0.25) is 0 Å². The minimum Gasteiger partial charge on any atom is -0.352 e. The molecular weight excluding hydrogens is 172 g/mol. The third-order valence-corrected chi connectivity index (χ3v) is 1.21. The second-order valence-electron chi connectivity index (χ2n) is 2.58. The predicted molar refractivity (Wildman–Crippen MR) is 49.0 cm³/mol. The average molecular weight is 190 g/mol. The molecule has 0 rings (SSSR count). The predicted octanol–water partition coefficient (Wildman–Crippen LogP) is 0.792. The Balaban J connectivity index is 3.66. The van der Waals surface area contributed by atoms with E-state index in [2.05, 4.69) is 5.32 Å². The number of urea groups is 1. The monoisotopic (exact) mass is 190 g/mol. The zero-order valence-electron chi connectivity index (χ0n) is 8.21. The van der Waals surface area contributed by atoms with Crippen molar-refractivity contribution in [3.8, 4) is 0 Å². The van der Waals surface area contributed by atoms with E-state index >= 15 is 0 Å². The summed E-state index contributed by atoms with van der Waals surface area (Å²) in [6, 6.07) is -0.641. The van der Waals surface area contributed by atoms with Crippen molar-refractivity contribution < 1.29 is 14.3 Å². The average Bonchev–Trinajstić information content (AvgIpc) is 2.09. The molecule has 2 amide bonds. The van der Waals surface area contributed by atoms with Gasteiger partial charge in [-0.05, 0) is 12.8 Å². The molecule has 78 valence electrons. The van der Waals surface area contributed by atoms with Gasteiger partial charge in [-0.15, -0.1) is 0 Å². The van der Waals surface area contributed by atoms with Crippen LogP contribution in [-0.4, -0.2) is 25.7 Å². The number of rotatable bonds is 7. The van der Waals surface area contributed by atoms with Crippen LogP contribution in [0.4, 0.5) is 4.79 Å². The Hall–Kier alpha value is -0.810. The van der Waals surface area contributed by atoms with E-state index in [0.29, 0.717) is 13.2 Å². The lowest BCUT2D eigenvalue weighted by molar-refractivity contribution is -0.152. The van der Waals surface area contributed by atoms with Crippen molar-refractivity contribution in [3.05, 3.63) is 0 Å². The Morgan fingerprint density at radius 1 is 1.31 bits per heavy atom. The molecule has 0 aliphatic heterocycles. The van der Waals surface area contributed by atoms with Crippen molar-refractivity contribution in [2.75, 3.05) is 13.2 Å². The zero-order valence-corrected chi connectivity index (χ0v) is 8.21. The van der Waals surface area contributed by atoms with Gasteiger partial charge in [-0.2, -0.15) is 0 Å². The highest BCUT2D eigenvalue weighted by molar-refractivity contribution is 5.71. The number of ether oxygens (including phenoxy) is 2. The largest absolute Gasteiger partial charge is 0.352 e. The highest BCUT2D eigenvalue weighted by Crippen LogP contribution is 1.93. The van der Waals surface area contributed by atoms with Crippen molar-refractivity contribution in [1.82, 2.24) is 5.32 Å². The normalized spacial score (nSPS) is 10.4. The summed E-state index contributed by atoms with van der Waals surface area (Å²) >= 11 is 0. The van der Waals surface area contributed by atoms with Crippen molar-refractivity contribution in [2.45, 2.75) is 33.1 Å². The van der Waals surface area contributed by atoms with E-state index in [1.54, 1.807) is 0 Å². The molecule has 0 saturated heterocycles. The maximum Gasteiger partial charge on any atom is 0.316 e. The molecule has 0 fully saturated rings. The summed E-state index contributed by atoms with van der Waals surface area (Å²) in [5.41, 5.74) is 4.93. The molecule has 0 atom stereocenters. The molecule has 0 unspecified atom stereocenters. The molecule has 0 heterocycles. The Labute approximate surface area is 78.6 Å². The van der Waals surface area contributed by atoms with Crippen LogP contribution >= 0.6 is 0 Å². The number of amides is 2. The van der Waals surface area contributed by atoms with Gasteiger partial charge >= 0.3 is 6.03 Å². The Morgan fingerprint density at radius 3 is 2.08 bits per heavy atom. The van der Waals surface area contributed by atoms with Gasteiger partial charge in [0.15, 0.2) is 0 Å². The Morgan fingerprint density at radius 2 is 1.77 bits per heavy atom. The van der Waals surface area contributed by atoms with E-state index in [4.69, 9.17) is 15.2 Å². The lowest BCUT2D eigenvalue weighted by atomic mass is 10.5. The summed E-state index contributed by atoms with van der Waals surface area (Å²) in [6.45, 7) is 5.02. The molecule has 0 radical (unpaired) electrons. The van der Waals surface area contributed by atoms with E-state index in [1.807, 2.05) is 13.8 Å². The highest BCUT2D eigenvalue weighted by atomic mass is 16.7. The second kappa shape index (κ2) is 7.82. The molecule has 0 aromatic rings. The molecule has 5 nitrogen and oxygen atoms in total. The topological polar surface area (TPSA) is 73.6 Å². The van der Waals surface area contributed by atoms with Crippen molar-refractivity contribution >= 4 is 6.03 Å². The van der Waals surface area contributed by atoms with Crippen LogP contribution in [0.25, 0.3) is 0 Å². The second-order valence-corrected chi connectivity index (χ2v) is 2.58. The summed E-state index contributed by atoms with van der Waals surface area (Å²) in [6.07, 6.45) is 1.02. The number of carbonyl (C=O) groups is 1. The first-order valence-electron chi connectivity index (χ1n) is 4.49. The third-order valence-electron chi connectivity index (χ3n) is 1.21. The maximum atomic E-state index is 10.5. The van der Waals surface area contributed by atoms with Crippen LogP contribution in [-0.2, 0) is 9.47 Å². The van der Waals surface area contributed by atoms with Crippen molar-refractivity contribution in [2.24, 2.45) is 5.73 Å². The zero-order chi connectivity index (χ0) is 10.1.